The number of benzene rings is 1. The Balaban J connectivity index is 2.66. The molecule has 0 spiro atoms. The van der Waals surface area contributed by atoms with E-state index in [9.17, 15) is 0 Å². The highest BCUT2D eigenvalue weighted by Gasteiger charge is 2.02. The van der Waals surface area contributed by atoms with Crippen LogP contribution in [0.15, 0.2) is 24.3 Å². The zero-order chi connectivity index (χ0) is 9.68. The smallest absolute Gasteiger partial charge is 0.0578 e. The Hall–Kier alpha value is -1.26. The molecule has 0 unspecified atom stereocenters. The summed E-state index contributed by atoms with van der Waals surface area (Å²) >= 11 is 0. The molecule has 1 heteroatoms. The van der Waals surface area contributed by atoms with Crippen molar-refractivity contribution in [3.63, 3.8) is 0 Å². The minimum absolute atomic E-state index is 0.330. The van der Waals surface area contributed by atoms with Gasteiger partial charge in [0.1, 0.15) is 0 Å². The van der Waals surface area contributed by atoms with Gasteiger partial charge in [-0.3, -0.25) is 5.32 Å². The Morgan fingerprint density at radius 2 is 2.31 bits per heavy atom. The van der Waals surface area contributed by atoms with Gasteiger partial charge in [0.05, 0.1) is 6.54 Å². The maximum absolute atomic E-state index is 5.17. The standard InChI is InChI=1S/C12H15N/c1-4-8-13-11(3)12-7-5-6-10(2)9-12/h1,5-7,9,11,13H,8H2,2-3H3/t11-/m1/s1. The van der Waals surface area contributed by atoms with Crippen molar-refractivity contribution in [2.75, 3.05) is 6.54 Å². The SMILES string of the molecule is C#CCN[C@H](C)c1cccc(C)c1. The minimum Gasteiger partial charge on any atom is -0.300 e. The van der Waals surface area contributed by atoms with Crippen molar-refractivity contribution in [1.29, 1.82) is 0 Å². The molecular weight excluding hydrogens is 158 g/mol. The molecule has 0 saturated carbocycles. The van der Waals surface area contributed by atoms with Gasteiger partial charge in [-0.2, -0.15) is 0 Å². The molecule has 0 fully saturated rings. The molecular formula is C12H15N. The van der Waals surface area contributed by atoms with E-state index in [-0.39, 0.29) is 0 Å². The monoisotopic (exact) mass is 173 g/mol. The lowest BCUT2D eigenvalue weighted by molar-refractivity contribution is 0.623. The van der Waals surface area contributed by atoms with Crippen LogP contribution < -0.4 is 5.32 Å². The first kappa shape index (κ1) is 9.83. The van der Waals surface area contributed by atoms with Crippen molar-refractivity contribution in [3.8, 4) is 12.3 Å². The molecule has 0 aliphatic rings. The highest BCUT2D eigenvalue weighted by atomic mass is 14.9. The van der Waals surface area contributed by atoms with Crippen LogP contribution in [0, 0.1) is 19.3 Å². The fourth-order valence-electron chi connectivity index (χ4n) is 1.27. The van der Waals surface area contributed by atoms with E-state index >= 15 is 0 Å². The zero-order valence-electron chi connectivity index (χ0n) is 8.17. The summed E-state index contributed by atoms with van der Waals surface area (Å²) in [4.78, 5) is 0. The average Bonchev–Trinajstić information content (AvgIpc) is 2.14. The first-order valence-electron chi connectivity index (χ1n) is 4.47. The molecule has 1 rings (SSSR count). The van der Waals surface area contributed by atoms with Crippen molar-refractivity contribution in [3.05, 3.63) is 35.4 Å². The van der Waals surface area contributed by atoms with Gasteiger partial charge >= 0.3 is 0 Å². The summed E-state index contributed by atoms with van der Waals surface area (Å²) in [6.07, 6.45) is 5.17. The van der Waals surface area contributed by atoms with Crippen molar-refractivity contribution in [1.82, 2.24) is 5.32 Å². The van der Waals surface area contributed by atoms with E-state index in [1.54, 1.807) is 0 Å². The van der Waals surface area contributed by atoms with E-state index in [0.717, 1.165) is 0 Å². The van der Waals surface area contributed by atoms with Gasteiger partial charge in [0.15, 0.2) is 0 Å². The molecule has 0 saturated heterocycles. The molecule has 1 aromatic carbocycles. The molecule has 0 bridgehead atoms. The van der Waals surface area contributed by atoms with Crippen molar-refractivity contribution in [2.24, 2.45) is 0 Å². The molecule has 0 aromatic heterocycles. The highest BCUT2D eigenvalue weighted by Crippen LogP contribution is 2.12. The van der Waals surface area contributed by atoms with Crippen molar-refractivity contribution < 1.29 is 0 Å². The molecule has 0 aliphatic carbocycles. The predicted molar refractivity (Wildman–Crippen MR) is 56.4 cm³/mol. The van der Waals surface area contributed by atoms with Crippen molar-refractivity contribution >= 4 is 0 Å². The van der Waals surface area contributed by atoms with E-state index in [4.69, 9.17) is 6.42 Å². The normalized spacial score (nSPS) is 12.1. The zero-order valence-corrected chi connectivity index (χ0v) is 8.17. The molecule has 1 atom stereocenters. The fraction of sp³-hybridized carbons (Fsp3) is 0.333. The van der Waals surface area contributed by atoms with Crippen LogP contribution in [0.5, 0.6) is 0 Å². The number of aryl methyl sites for hydroxylation is 1. The second kappa shape index (κ2) is 4.69. The minimum atomic E-state index is 0.330. The van der Waals surface area contributed by atoms with E-state index < -0.39 is 0 Å². The lowest BCUT2D eigenvalue weighted by Gasteiger charge is -2.12. The summed E-state index contributed by atoms with van der Waals surface area (Å²) in [6, 6.07) is 8.78. The van der Waals surface area contributed by atoms with E-state index in [2.05, 4.69) is 49.4 Å². The van der Waals surface area contributed by atoms with E-state index in [1.165, 1.54) is 11.1 Å². The van der Waals surface area contributed by atoms with Gasteiger partial charge in [0.25, 0.3) is 0 Å². The molecule has 1 aromatic rings. The lowest BCUT2D eigenvalue weighted by Crippen LogP contribution is -2.18. The fourth-order valence-corrected chi connectivity index (χ4v) is 1.27. The van der Waals surface area contributed by atoms with E-state index in [1.807, 2.05) is 0 Å². The van der Waals surface area contributed by atoms with E-state index in [0.29, 0.717) is 12.6 Å². The quantitative estimate of drug-likeness (QED) is 0.691. The van der Waals surface area contributed by atoms with Crippen LogP contribution >= 0.6 is 0 Å². The van der Waals surface area contributed by atoms with Gasteiger partial charge in [-0.1, -0.05) is 35.7 Å². The Kier molecular flexibility index (Phi) is 3.54. The molecule has 0 heterocycles. The van der Waals surface area contributed by atoms with Gasteiger partial charge in [0.2, 0.25) is 0 Å². The third-order valence-electron chi connectivity index (χ3n) is 2.05. The van der Waals surface area contributed by atoms with Gasteiger partial charge in [-0.25, -0.2) is 0 Å². The van der Waals surface area contributed by atoms with Crippen LogP contribution in [0.1, 0.15) is 24.1 Å². The Morgan fingerprint density at radius 3 is 2.92 bits per heavy atom. The summed E-state index contributed by atoms with van der Waals surface area (Å²) in [5, 5.41) is 3.24. The molecule has 68 valence electrons. The van der Waals surface area contributed by atoms with Crippen LogP contribution in [-0.2, 0) is 0 Å². The first-order chi connectivity index (χ1) is 6.24. The summed E-state index contributed by atoms with van der Waals surface area (Å²) in [7, 11) is 0. The molecule has 0 aliphatic heterocycles. The van der Waals surface area contributed by atoms with Crippen molar-refractivity contribution in [2.45, 2.75) is 19.9 Å². The van der Waals surface area contributed by atoms with Crippen LogP contribution in [-0.4, -0.2) is 6.54 Å². The Labute approximate surface area is 80.2 Å². The third kappa shape index (κ3) is 2.93. The van der Waals surface area contributed by atoms with Crippen LogP contribution in [0.4, 0.5) is 0 Å². The molecule has 1 N–H and O–H groups in total. The second-order valence-corrected chi connectivity index (χ2v) is 3.22. The van der Waals surface area contributed by atoms with Gasteiger partial charge in [-0.15, -0.1) is 6.42 Å². The number of hydrogen-bond donors (Lipinski definition) is 1. The Morgan fingerprint density at radius 1 is 1.54 bits per heavy atom. The maximum atomic E-state index is 5.17. The number of terminal acetylenes is 1. The van der Waals surface area contributed by atoms with Crippen LogP contribution in [0.2, 0.25) is 0 Å². The largest absolute Gasteiger partial charge is 0.300 e. The Bertz CT molecular complexity index is 309. The lowest BCUT2D eigenvalue weighted by atomic mass is 10.1. The third-order valence-corrected chi connectivity index (χ3v) is 2.05. The first-order valence-corrected chi connectivity index (χ1v) is 4.47. The number of hydrogen-bond acceptors (Lipinski definition) is 1. The predicted octanol–water partition coefficient (Wildman–Crippen LogP) is 2.28. The summed E-state index contributed by atoms with van der Waals surface area (Å²) in [5.74, 6) is 2.57. The summed E-state index contributed by atoms with van der Waals surface area (Å²) in [5.41, 5.74) is 2.57. The molecule has 0 amide bonds. The maximum Gasteiger partial charge on any atom is 0.0578 e. The van der Waals surface area contributed by atoms with Gasteiger partial charge in [0, 0.05) is 6.04 Å². The highest BCUT2D eigenvalue weighted by molar-refractivity contribution is 5.24. The second-order valence-electron chi connectivity index (χ2n) is 3.22. The van der Waals surface area contributed by atoms with Gasteiger partial charge < -0.3 is 0 Å². The topological polar surface area (TPSA) is 12.0 Å². The summed E-state index contributed by atoms with van der Waals surface area (Å²) in [6.45, 7) is 4.83. The number of nitrogens with one attached hydrogen (secondary N) is 1. The molecule has 1 nitrogen and oxygen atoms in total. The van der Waals surface area contributed by atoms with Gasteiger partial charge in [-0.05, 0) is 19.4 Å². The van der Waals surface area contributed by atoms with Crippen LogP contribution in [0.25, 0.3) is 0 Å². The number of rotatable bonds is 3. The molecule has 13 heavy (non-hydrogen) atoms. The average molecular weight is 173 g/mol. The molecule has 0 radical (unpaired) electrons. The van der Waals surface area contributed by atoms with Crippen LogP contribution in [0.3, 0.4) is 0 Å². The summed E-state index contributed by atoms with van der Waals surface area (Å²) < 4.78 is 0.